The van der Waals surface area contributed by atoms with Gasteiger partial charge in [-0.05, 0) is 42.8 Å². The van der Waals surface area contributed by atoms with Crippen molar-refractivity contribution >= 4 is 35.0 Å². The van der Waals surface area contributed by atoms with Gasteiger partial charge in [-0.25, -0.2) is 4.98 Å². The zero-order valence-corrected chi connectivity index (χ0v) is 11.9. The lowest BCUT2D eigenvalue weighted by atomic mass is 10.2. The fraction of sp³-hybridized carbons (Fsp3) is 0.154. The van der Waals surface area contributed by atoms with Crippen LogP contribution in [0, 0.1) is 0 Å². The Kier molecular flexibility index (Phi) is 4.51. The lowest BCUT2D eigenvalue weighted by Gasteiger charge is -2.07. The summed E-state index contributed by atoms with van der Waals surface area (Å²) in [7, 11) is 0. The highest BCUT2D eigenvalue weighted by Gasteiger charge is 2.07. The van der Waals surface area contributed by atoms with E-state index in [2.05, 4.69) is 4.98 Å². The number of benzene rings is 1. The summed E-state index contributed by atoms with van der Waals surface area (Å²) in [4.78, 5) is 5.08. The van der Waals surface area contributed by atoms with E-state index < -0.39 is 6.10 Å². The highest BCUT2D eigenvalue weighted by Crippen LogP contribution is 2.34. The average molecular weight is 300 g/mol. The van der Waals surface area contributed by atoms with E-state index in [-0.39, 0.29) is 0 Å². The molecule has 2 aromatic rings. The van der Waals surface area contributed by atoms with Crippen LogP contribution in [0.25, 0.3) is 0 Å². The van der Waals surface area contributed by atoms with Gasteiger partial charge in [0, 0.05) is 16.1 Å². The van der Waals surface area contributed by atoms with Gasteiger partial charge < -0.3 is 5.11 Å². The molecular weight excluding hydrogens is 289 g/mol. The Hall–Kier alpha value is -0.740. The minimum Gasteiger partial charge on any atom is -0.389 e. The molecule has 0 aliphatic carbocycles. The maximum absolute atomic E-state index is 9.53. The summed E-state index contributed by atoms with van der Waals surface area (Å²) in [5, 5.41) is 11.6. The molecule has 0 bridgehead atoms. The van der Waals surface area contributed by atoms with Gasteiger partial charge in [-0.15, -0.1) is 0 Å². The van der Waals surface area contributed by atoms with Crippen molar-refractivity contribution in [3.8, 4) is 0 Å². The minimum atomic E-state index is -0.512. The van der Waals surface area contributed by atoms with Gasteiger partial charge in [-0.1, -0.05) is 35.0 Å². The van der Waals surface area contributed by atoms with Gasteiger partial charge in [0.1, 0.15) is 5.03 Å². The van der Waals surface area contributed by atoms with Crippen LogP contribution in [0.2, 0.25) is 10.0 Å². The second-order valence-corrected chi connectivity index (χ2v) is 5.69. The Bertz CT molecular complexity index is 560. The van der Waals surface area contributed by atoms with Gasteiger partial charge in [-0.2, -0.15) is 0 Å². The first-order chi connectivity index (χ1) is 8.56. The van der Waals surface area contributed by atoms with Crippen molar-refractivity contribution in [1.29, 1.82) is 0 Å². The van der Waals surface area contributed by atoms with Crippen LogP contribution in [0.15, 0.2) is 46.5 Å². The van der Waals surface area contributed by atoms with Crippen molar-refractivity contribution in [3.05, 3.63) is 52.1 Å². The summed E-state index contributed by atoms with van der Waals surface area (Å²) in [5.74, 6) is 0. The van der Waals surface area contributed by atoms with Crippen LogP contribution < -0.4 is 0 Å². The molecule has 1 aromatic heterocycles. The van der Waals surface area contributed by atoms with Crippen LogP contribution in [0.3, 0.4) is 0 Å². The van der Waals surface area contributed by atoms with Gasteiger partial charge >= 0.3 is 0 Å². The molecule has 18 heavy (non-hydrogen) atoms. The zero-order chi connectivity index (χ0) is 13.1. The van der Waals surface area contributed by atoms with Crippen LogP contribution in [0.4, 0.5) is 0 Å². The van der Waals surface area contributed by atoms with Crippen LogP contribution in [-0.4, -0.2) is 10.1 Å². The van der Waals surface area contributed by atoms with E-state index in [0.29, 0.717) is 10.0 Å². The van der Waals surface area contributed by atoms with Crippen molar-refractivity contribution in [3.63, 3.8) is 0 Å². The molecule has 1 N–H and O–H groups in total. The largest absolute Gasteiger partial charge is 0.389 e. The Morgan fingerprint density at radius 1 is 1.22 bits per heavy atom. The van der Waals surface area contributed by atoms with Crippen molar-refractivity contribution in [2.24, 2.45) is 0 Å². The highest BCUT2D eigenvalue weighted by molar-refractivity contribution is 7.99. The fourth-order valence-electron chi connectivity index (χ4n) is 1.41. The van der Waals surface area contributed by atoms with Crippen LogP contribution in [0.1, 0.15) is 18.6 Å². The van der Waals surface area contributed by atoms with Gasteiger partial charge in [0.2, 0.25) is 0 Å². The number of aromatic nitrogens is 1. The number of rotatable bonds is 3. The molecule has 0 amide bonds. The first kappa shape index (κ1) is 13.7. The second-order valence-electron chi connectivity index (χ2n) is 3.78. The van der Waals surface area contributed by atoms with E-state index in [9.17, 15) is 5.11 Å². The van der Waals surface area contributed by atoms with E-state index >= 15 is 0 Å². The molecule has 0 saturated carbocycles. The molecule has 1 atom stereocenters. The number of aliphatic hydroxyl groups is 1. The Balaban J connectivity index is 2.28. The molecule has 94 valence electrons. The summed E-state index contributed by atoms with van der Waals surface area (Å²) < 4.78 is 0. The summed E-state index contributed by atoms with van der Waals surface area (Å²) in [6.07, 6.45) is 1.16. The standard InChI is InChI=1S/C13H11Cl2NOS/c1-8(17)9-4-5-16-13(6-9)18-12-7-10(14)2-3-11(12)15/h2-8,17H,1H3/t8-/m1/s1. The lowest BCUT2D eigenvalue weighted by Crippen LogP contribution is -1.92. The molecule has 0 saturated heterocycles. The van der Waals surface area contributed by atoms with E-state index in [0.717, 1.165) is 15.5 Å². The third-order valence-corrected chi connectivity index (χ3v) is 4.02. The third-order valence-electron chi connectivity index (χ3n) is 2.35. The predicted molar refractivity (Wildman–Crippen MR) is 75.5 cm³/mol. The van der Waals surface area contributed by atoms with E-state index in [1.165, 1.54) is 11.8 Å². The molecule has 1 heterocycles. The van der Waals surface area contributed by atoms with Gasteiger partial charge in [0.15, 0.2) is 0 Å². The predicted octanol–water partition coefficient (Wildman–Crippen LogP) is 4.59. The van der Waals surface area contributed by atoms with Gasteiger partial charge in [-0.3, -0.25) is 0 Å². The van der Waals surface area contributed by atoms with Gasteiger partial charge in [0.05, 0.1) is 11.1 Å². The van der Waals surface area contributed by atoms with Crippen molar-refractivity contribution in [2.45, 2.75) is 22.9 Å². The van der Waals surface area contributed by atoms with Gasteiger partial charge in [0.25, 0.3) is 0 Å². The Morgan fingerprint density at radius 2 is 2.00 bits per heavy atom. The first-order valence-electron chi connectivity index (χ1n) is 5.33. The quantitative estimate of drug-likeness (QED) is 0.899. The summed E-state index contributed by atoms with van der Waals surface area (Å²) in [6.45, 7) is 1.72. The molecule has 0 unspecified atom stereocenters. The Morgan fingerprint density at radius 3 is 2.72 bits per heavy atom. The Labute approximate surface area is 120 Å². The molecule has 0 fully saturated rings. The summed E-state index contributed by atoms with van der Waals surface area (Å²) in [6, 6.07) is 8.92. The van der Waals surface area contributed by atoms with Crippen LogP contribution in [0.5, 0.6) is 0 Å². The number of pyridine rings is 1. The van der Waals surface area contributed by atoms with E-state index in [1.54, 1.807) is 37.4 Å². The number of aliphatic hydroxyl groups excluding tert-OH is 1. The molecule has 5 heteroatoms. The molecule has 2 nitrogen and oxygen atoms in total. The maximum Gasteiger partial charge on any atom is 0.101 e. The molecule has 0 spiro atoms. The topological polar surface area (TPSA) is 33.1 Å². The van der Waals surface area contributed by atoms with Crippen LogP contribution in [-0.2, 0) is 0 Å². The van der Waals surface area contributed by atoms with E-state index in [1.807, 2.05) is 6.07 Å². The molecule has 0 aliphatic rings. The number of hydrogen-bond acceptors (Lipinski definition) is 3. The molecule has 1 aromatic carbocycles. The van der Waals surface area contributed by atoms with Crippen molar-refractivity contribution < 1.29 is 5.11 Å². The summed E-state index contributed by atoms with van der Waals surface area (Å²) in [5.41, 5.74) is 0.825. The third kappa shape index (κ3) is 3.39. The lowest BCUT2D eigenvalue weighted by molar-refractivity contribution is 0.199. The van der Waals surface area contributed by atoms with E-state index in [4.69, 9.17) is 23.2 Å². The normalized spacial score (nSPS) is 12.4. The molecule has 2 rings (SSSR count). The molecule has 0 radical (unpaired) electrons. The minimum absolute atomic E-state index is 0.512. The monoisotopic (exact) mass is 299 g/mol. The fourth-order valence-corrected chi connectivity index (χ4v) is 2.76. The zero-order valence-electron chi connectivity index (χ0n) is 9.60. The first-order valence-corrected chi connectivity index (χ1v) is 6.90. The number of hydrogen-bond donors (Lipinski definition) is 1. The summed E-state index contributed by atoms with van der Waals surface area (Å²) >= 11 is 13.4. The number of nitrogens with zero attached hydrogens (tertiary/aromatic N) is 1. The second kappa shape index (κ2) is 5.93. The maximum atomic E-state index is 9.53. The SMILES string of the molecule is C[C@@H](O)c1ccnc(Sc2cc(Cl)ccc2Cl)c1. The highest BCUT2D eigenvalue weighted by atomic mass is 35.5. The van der Waals surface area contributed by atoms with Crippen LogP contribution >= 0.6 is 35.0 Å². The average Bonchev–Trinajstić information content (AvgIpc) is 2.34. The molecule has 0 aliphatic heterocycles. The van der Waals surface area contributed by atoms with Crippen molar-refractivity contribution in [2.75, 3.05) is 0 Å². The number of halogens is 2. The van der Waals surface area contributed by atoms with Crippen molar-refractivity contribution in [1.82, 2.24) is 4.98 Å². The smallest absolute Gasteiger partial charge is 0.101 e. The molecular formula is C13H11Cl2NOS.